The summed E-state index contributed by atoms with van der Waals surface area (Å²) in [5.74, 6) is 0. The van der Waals surface area contributed by atoms with Crippen molar-refractivity contribution in [1.29, 1.82) is 0 Å². The summed E-state index contributed by atoms with van der Waals surface area (Å²) in [4.78, 5) is 2.17. The Labute approximate surface area is 112 Å². The number of methoxy groups -OCH3 is 1. The van der Waals surface area contributed by atoms with E-state index in [2.05, 4.69) is 64.9 Å². The molecule has 0 saturated heterocycles. The first-order valence-corrected chi connectivity index (χ1v) is 6.54. The topological polar surface area (TPSA) is 12.5 Å². The fourth-order valence-corrected chi connectivity index (χ4v) is 2.26. The molecule has 0 aromatic heterocycles. The molecule has 0 saturated carbocycles. The van der Waals surface area contributed by atoms with Crippen LogP contribution in [0, 0.1) is 6.92 Å². The Morgan fingerprint density at radius 1 is 1.22 bits per heavy atom. The first-order chi connectivity index (χ1) is 8.25. The second-order valence-electron chi connectivity index (χ2n) is 6.33. The lowest BCUT2D eigenvalue weighted by atomic mass is 9.81. The molecule has 0 radical (unpaired) electrons. The third-order valence-electron chi connectivity index (χ3n) is 3.18. The van der Waals surface area contributed by atoms with Crippen LogP contribution in [0.25, 0.3) is 0 Å². The third kappa shape index (κ3) is 3.82. The van der Waals surface area contributed by atoms with E-state index in [1.54, 1.807) is 7.11 Å². The van der Waals surface area contributed by atoms with Gasteiger partial charge in [-0.15, -0.1) is 0 Å². The molecule has 0 aliphatic heterocycles. The monoisotopic (exact) mass is 249 g/mol. The van der Waals surface area contributed by atoms with Gasteiger partial charge in [-0.2, -0.15) is 0 Å². The number of hydrogen-bond donors (Lipinski definition) is 0. The maximum Gasteiger partial charge on any atom is 0.0950 e. The zero-order valence-electron chi connectivity index (χ0n) is 12.9. The van der Waals surface area contributed by atoms with E-state index in [1.807, 2.05) is 0 Å². The molecule has 2 heteroatoms. The van der Waals surface area contributed by atoms with Gasteiger partial charge in [0.2, 0.25) is 0 Å². The number of rotatable bonds is 4. The van der Waals surface area contributed by atoms with E-state index in [0.29, 0.717) is 0 Å². The number of aryl methyl sites for hydroxylation is 1. The molecule has 0 bridgehead atoms. The molecule has 2 nitrogen and oxygen atoms in total. The lowest BCUT2D eigenvalue weighted by molar-refractivity contribution is 0.0770. The summed E-state index contributed by atoms with van der Waals surface area (Å²) >= 11 is 0. The molecule has 0 aliphatic rings. The molecule has 0 aliphatic carbocycles. The molecule has 18 heavy (non-hydrogen) atoms. The summed E-state index contributed by atoms with van der Waals surface area (Å²) in [5.41, 5.74) is 4.13. The summed E-state index contributed by atoms with van der Waals surface area (Å²) in [7, 11) is 5.96. The van der Waals surface area contributed by atoms with Crippen molar-refractivity contribution in [3.63, 3.8) is 0 Å². The predicted molar refractivity (Wildman–Crippen MR) is 78.2 cm³/mol. The SMILES string of the molecule is COC(CN(C)C)c1cc(C)ccc1C(C)(C)C. The van der Waals surface area contributed by atoms with Gasteiger partial charge in [-0.3, -0.25) is 0 Å². The van der Waals surface area contributed by atoms with Gasteiger partial charge in [0.25, 0.3) is 0 Å². The van der Waals surface area contributed by atoms with E-state index in [1.165, 1.54) is 16.7 Å². The molecule has 1 aromatic rings. The minimum atomic E-state index is 0.133. The van der Waals surface area contributed by atoms with E-state index in [0.717, 1.165) is 6.54 Å². The molecular weight excluding hydrogens is 222 g/mol. The number of nitrogens with zero attached hydrogens (tertiary/aromatic N) is 1. The Kier molecular flexibility index (Phi) is 4.94. The molecular formula is C16H27NO. The molecule has 0 heterocycles. The molecule has 1 aromatic carbocycles. The van der Waals surface area contributed by atoms with Crippen molar-refractivity contribution in [3.05, 3.63) is 34.9 Å². The average Bonchev–Trinajstić information content (AvgIpc) is 2.23. The third-order valence-corrected chi connectivity index (χ3v) is 3.18. The Hall–Kier alpha value is -0.860. The highest BCUT2D eigenvalue weighted by Gasteiger charge is 2.23. The standard InChI is InChI=1S/C16H27NO/c1-12-8-9-14(16(2,3)4)13(10-12)15(18-7)11-17(5)6/h8-10,15H,11H2,1-7H3. The van der Waals surface area contributed by atoms with Crippen LogP contribution in [0.1, 0.15) is 43.6 Å². The highest BCUT2D eigenvalue weighted by Crippen LogP contribution is 2.32. The van der Waals surface area contributed by atoms with Crippen molar-refractivity contribution in [2.45, 2.75) is 39.2 Å². The van der Waals surface area contributed by atoms with E-state index in [4.69, 9.17) is 4.74 Å². The van der Waals surface area contributed by atoms with Crippen LogP contribution in [0.2, 0.25) is 0 Å². The van der Waals surface area contributed by atoms with Gasteiger partial charge >= 0.3 is 0 Å². The van der Waals surface area contributed by atoms with Crippen LogP contribution < -0.4 is 0 Å². The number of hydrogen-bond acceptors (Lipinski definition) is 2. The molecule has 0 fully saturated rings. The normalized spacial score (nSPS) is 14.0. The Bertz CT molecular complexity index is 391. The van der Waals surface area contributed by atoms with Gasteiger partial charge in [-0.05, 0) is 37.6 Å². The van der Waals surface area contributed by atoms with E-state index < -0.39 is 0 Å². The minimum Gasteiger partial charge on any atom is -0.375 e. The van der Waals surface area contributed by atoms with Crippen molar-refractivity contribution in [1.82, 2.24) is 4.90 Å². The highest BCUT2D eigenvalue weighted by molar-refractivity contribution is 5.38. The van der Waals surface area contributed by atoms with Gasteiger partial charge in [-0.1, -0.05) is 44.5 Å². The minimum absolute atomic E-state index is 0.133. The van der Waals surface area contributed by atoms with Crippen molar-refractivity contribution >= 4 is 0 Å². The zero-order valence-corrected chi connectivity index (χ0v) is 12.9. The largest absolute Gasteiger partial charge is 0.375 e. The summed E-state index contributed by atoms with van der Waals surface area (Å²) < 4.78 is 5.70. The zero-order chi connectivity index (χ0) is 13.9. The van der Waals surface area contributed by atoms with Crippen molar-refractivity contribution in [3.8, 4) is 0 Å². The molecule has 0 amide bonds. The summed E-state index contributed by atoms with van der Waals surface area (Å²) in [6.45, 7) is 9.80. The molecule has 1 rings (SSSR count). The average molecular weight is 249 g/mol. The quantitative estimate of drug-likeness (QED) is 0.809. The van der Waals surface area contributed by atoms with Gasteiger partial charge in [0, 0.05) is 13.7 Å². The smallest absolute Gasteiger partial charge is 0.0950 e. The Morgan fingerprint density at radius 2 is 1.83 bits per heavy atom. The summed E-state index contributed by atoms with van der Waals surface area (Å²) in [6.07, 6.45) is 0.133. The van der Waals surface area contributed by atoms with Crippen LogP contribution in [0.3, 0.4) is 0 Å². The van der Waals surface area contributed by atoms with Gasteiger partial charge in [0.1, 0.15) is 0 Å². The van der Waals surface area contributed by atoms with Crippen LogP contribution in [-0.4, -0.2) is 32.6 Å². The number of benzene rings is 1. The molecule has 102 valence electrons. The van der Waals surface area contributed by atoms with Gasteiger partial charge in [-0.25, -0.2) is 0 Å². The van der Waals surface area contributed by atoms with Gasteiger partial charge in [0.05, 0.1) is 6.10 Å². The summed E-state index contributed by atoms with van der Waals surface area (Å²) in [5, 5.41) is 0. The molecule has 0 N–H and O–H groups in total. The Balaban J connectivity index is 3.22. The van der Waals surface area contributed by atoms with Gasteiger partial charge in [0.15, 0.2) is 0 Å². The van der Waals surface area contributed by atoms with Crippen LogP contribution >= 0.6 is 0 Å². The van der Waals surface area contributed by atoms with Crippen molar-refractivity contribution in [2.75, 3.05) is 27.7 Å². The Morgan fingerprint density at radius 3 is 2.28 bits per heavy atom. The number of likely N-dealkylation sites (N-methyl/N-ethyl adjacent to an activating group) is 1. The van der Waals surface area contributed by atoms with E-state index >= 15 is 0 Å². The van der Waals surface area contributed by atoms with Crippen molar-refractivity contribution in [2.24, 2.45) is 0 Å². The highest BCUT2D eigenvalue weighted by atomic mass is 16.5. The predicted octanol–water partition coefficient (Wildman–Crippen LogP) is 3.54. The maximum absolute atomic E-state index is 5.70. The first-order valence-electron chi connectivity index (χ1n) is 6.54. The van der Waals surface area contributed by atoms with Crippen LogP contribution in [0.15, 0.2) is 18.2 Å². The molecule has 1 atom stereocenters. The van der Waals surface area contributed by atoms with Crippen LogP contribution in [-0.2, 0) is 10.2 Å². The molecule has 0 spiro atoms. The van der Waals surface area contributed by atoms with Gasteiger partial charge < -0.3 is 9.64 Å². The van der Waals surface area contributed by atoms with Crippen LogP contribution in [0.4, 0.5) is 0 Å². The van der Waals surface area contributed by atoms with E-state index in [-0.39, 0.29) is 11.5 Å². The second kappa shape index (κ2) is 5.85. The first kappa shape index (κ1) is 15.2. The lowest BCUT2D eigenvalue weighted by Gasteiger charge is -2.28. The maximum atomic E-state index is 5.70. The fourth-order valence-electron chi connectivity index (χ4n) is 2.26. The summed E-state index contributed by atoms with van der Waals surface area (Å²) in [6, 6.07) is 6.69. The second-order valence-corrected chi connectivity index (χ2v) is 6.33. The fraction of sp³-hybridized carbons (Fsp3) is 0.625. The van der Waals surface area contributed by atoms with Crippen molar-refractivity contribution < 1.29 is 4.74 Å². The number of ether oxygens (including phenoxy) is 1. The molecule has 1 unspecified atom stereocenters. The van der Waals surface area contributed by atoms with E-state index in [9.17, 15) is 0 Å². The van der Waals surface area contributed by atoms with Crippen LogP contribution in [0.5, 0.6) is 0 Å². The lowest BCUT2D eigenvalue weighted by Crippen LogP contribution is -2.25.